The topological polar surface area (TPSA) is 75.7 Å². The number of methoxy groups -OCH3 is 1. The average molecular weight is 436 g/mol. The first-order valence-electron chi connectivity index (χ1n) is 8.54. The number of nitrogens with one attached hydrogen (secondary N) is 1. The Balaban J connectivity index is 1.73. The molecule has 1 N–H and O–H groups in total. The van der Waals surface area contributed by atoms with Crippen molar-refractivity contribution in [3.63, 3.8) is 0 Å². The fraction of sp³-hybridized carbons (Fsp3) is 0.150. The lowest BCUT2D eigenvalue weighted by Gasteiger charge is -2.13. The van der Waals surface area contributed by atoms with Gasteiger partial charge < -0.3 is 10.1 Å². The number of anilines is 1. The molecule has 0 bridgehead atoms. The first kappa shape index (κ1) is 21.4. The zero-order valence-electron chi connectivity index (χ0n) is 15.8. The highest BCUT2D eigenvalue weighted by molar-refractivity contribution is 8.18. The van der Waals surface area contributed by atoms with Crippen LogP contribution in [0.25, 0.3) is 6.08 Å². The molecule has 1 heterocycles. The van der Waals surface area contributed by atoms with Crippen molar-refractivity contribution in [3.8, 4) is 5.75 Å². The van der Waals surface area contributed by atoms with Gasteiger partial charge in [-0.3, -0.25) is 19.3 Å². The summed E-state index contributed by atoms with van der Waals surface area (Å²) in [6.07, 6.45) is 1.49. The standard InChI is InChI=1S/C20H15F3N2O4S/c1-10-3-4-11(7-14(10)29-2)8-15-19(27)25(20(28)30-15)9-16(26)24-13-6-5-12(21)17(22)18(13)23/h3-8H,9H2,1-2H3,(H,24,26)/b15-8+. The smallest absolute Gasteiger partial charge is 0.294 e. The maximum absolute atomic E-state index is 13.7. The summed E-state index contributed by atoms with van der Waals surface area (Å²) in [6, 6.07) is 6.71. The minimum absolute atomic E-state index is 0.0951. The minimum Gasteiger partial charge on any atom is -0.496 e. The summed E-state index contributed by atoms with van der Waals surface area (Å²) in [5.41, 5.74) is 0.910. The highest BCUT2D eigenvalue weighted by Gasteiger charge is 2.36. The van der Waals surface area contributed by atoms with E-state index in [1.165, 1.54) is 13.2 Å². The average Bonchev–Trinajstić information content (AvgIpc) is 2.97. The van der Waals surface area contributed by atoms with Gasteiger partial charge in [-0.1, -0.05) is 12.1 Å². The largest absolute Gasteiger partial charge is 0.496 e. The van der Waals surface area contributed by atoms with Crippen molar-refractivity contribution in [1.29, 1.82) is 0 Å². The van der Waals surface area contributed by atoms with Gasteiger partial charge in [0.1, 0.15) is 12.3 Å². The predicted molar refractivity (Wildman–Crippen MR) is 105 cm³/mol. The number of carbonyl (C=O) groups is 3. The van der Waals surface area contributed by atoms with Gasteiger partial charge in [-0.15, -0.1) is 0 Å². The van der Waals surface area contributed by atoms with E-state index in [1.807, 2.05) is 12.2 Å². The number of hydrogen-bond acceptors (Lipinski definition) is 5. The highest BCUT2D eigenvalue weighted by atomic mass is 32.2. The van der Waals surface area contributed by atoms with E-state index in [1.54, 1.807) is 18.2 Å². The molecule has 1 aliphatic rings. The lowest BCUT2D eigenvalue weighted by molar-refractivity contribution is -0.127. The molecule has 2 aromatic carbocycles. The second-order valence-corrected chi connectivity index (χ2v) is 7.26. The zero-order chi connectivity index (χ0) is 22.0. The van der Waals surface area contributed by atoms with Crippen LogP contribution in [0, 0.1) is 24.4 Å². The SMILES string of the molecule is COc1cc(/C=C2/SC(=O)N(CC(=O)Nc3ccc(F)c(F)c3F)C2=O)ccc1C. The van der Waals surface area contributed by atoms with Crippen molar-refractivity contribution < 1.29 is 32.3 Å². The van der Waals surface area contributed by atoms with Gasteiger partial charge in [-0.25, -0.2) is 13.2 Å². The van der Waals surface area contributed by atoms with Crippen molar-refractivity contribution in [3.05, 3.63) is 63.8 Å². The lowest BCUT2D eigenvalue weighted by atomic mass is 10.1. The monoisotopic (exact) mass is 436 g/mol. The van der Waals surface area contributed by atoms with E-state index < -0.39 is 46.7 Å². The van der Waals surface area contributed by atoms with Crippen molar-refractivity contribution in [1.82, 2.24) is 4.90 Å². The van der Waals surface area contributed by atoms with Crippen LogP contribution in [0.15, 0.2) is 35.2 Å². The van der Waals surface area contributed by atoms with E-state index in [2.05, 4.69) is 0 Å². The Hall–Kier alpha value is -3.27. The molecule has 156 valence electrons. The maximum Gasteiger partial charge on any atom is 0.294 e. The normalized spacial score (nSPS) is 15.1. The molecule has 6 nitrogen and oxygen atoms in total. The molecular formula is C20H15F3N2O4S. The molecule has 2 aromatic rings. The Labute approximate surface area is 173 Å². The van der Waals surface area contributed by atoms with E-state index >= 15 is 0 Å². The fourth-order valence-electron chi connectivity index (χ4n) is 2.67. The molecule has 1 saturated heterocycles. The second-order valence-electron chi connectivity index (χ2n) is 6.27. The summed E-state index contributed by atoms with van der Waals surface area (Å²) in [7, 11) is 1.51. The van der Waals surface area contributed by atoms with Gasteiger partial charge in [0.15, 0.2) is 17.5 Å². The van der Waals surface area contributed by atoms with Crippen molar-refractivity contribution in [2.24, 2.45) is 0 Å². The Morgan fingerprint density at radius 2 is 1.90 bits per heavy atom. The van der Waals surface area contributed by atoms with Crippen molar-refractivity contribution >= 4 is 40.6 Å². The van der Waals surface area contributed by atoms with Crippen LogP contribution in [0.4, 0.5) is 23.7 Å². The van der Waals surface area contributed by atoms with Gasteiger partial charge in [0, 0.05) is 0 Å². The van der Waals surface area contributed by atoms with Crippen molar-refractivity contribution in [2.45, 2.75) is 6.92 Å². The summed E-state index contributed by atoms with van der Waals surface area (Å²) >= 11 is 0.644. The number of hydrogen-bond donors (Lipinski definition) is 1. The lowest BCUT2D eigenvalue weighted by Crippen LogP contribution is -2.36. The van der Waals surface area contributed by atoms with Gasteiger partial charge in [-0.05, 0) is 54.1 Å². The highest BCUT2D eigenvalue weighted by Crippen LogP contribution is 2.33. The Kier molecular flexibility index (Phi) is 6.16. The number of carbonyl (C=O) groups excluding carboxylic acids is 3. The number of amides is 3. The molecule has 0 unspecified atom stereocenters. The maximum atomic E-state index is 13.7. The number of ether oxygens (including phenoxy) is 1. The van der Waals surface area contributed by atoms with Crippen LogP contribution < -0.4 is 10.1 Å². The summed E-state index contributed by atoms with van der Waals surface area (Å²) in [5, 5.41) is 1.33. The summed E-state index contributed by atoms with van der Waals surface area (Å²) < 4.78 is 45.2. The molecule has 0 saturated carbocycles. The number of thioether (sulfide) groups is 1. The number of halogens is 3. The molecule has 1 aliphatic heterocycles. The molecule has 0 aliphatic carbocycles. The first-order chi connectivity index (χ1) is 14.2. The quantitative estimate of drug-likeness (QED) is 0.564. The number of aryl methyl sites for hydroxylation is 1. The molecule has 0 atom stereocenters. The number of rotatable bonds is 5. The summed E-state index contributed by atoms with van der Waals surface area (Å²) in [6.45, 7) is 1.14. The Bertz CT molecular complexity index is 1090. The molecule has 0 radical (unpaired) electrons. The minimum atomic E-state index is -1.74. The van der Waals surface area contributed by atoms with E-state index in [9.17, 15) is 27.6 Å². The summed E-state index contributed by atoms with van der Waals surface area (Å²) in [5.74, 6) is -5.77. The number of nitrogens with zero attached hydrogens (tertiary/aromatic N) is 1. The number of benzene rings is 2. The van der Waals surface area contributed by atoms with Gasteiger partial charge >= 0.3 is 0 Å². The predicted octanol–water partition coefficient (Wildman–Crippen LogP) is 4.10. The molecule has 1 fully saturated rings. The molecule has 10 heteroatoms. The fourth-order valence-corrected chi connectivity index (χ4v) is 3.51. The van der Waals surface area contributed by atoms with Crippen LogP contribution in [0.1, 0.15) is 11.1 Å². The van der Waals surface area contributed by atoms with Crippen LogP contribution in [0.3, 0.4) is 0 Å². The Morgan fingerprint density at radius 1 is 1.17 bits per heavy atom. The first-order valence-corrected chi connectivity index (χ1v) is 9.36. The van der Waals surface area contributed by atoms with E-state index in [0.29, 0.717) is 34.0 Å². The van der Waals surface area contributed by atoms with Gasteiger partial charge in [-0.2, -0.15) is 0 Å². The van der Waals surface area contributed by atoms with Gasteiger partial charge in [0.05, 0.1) is 17.7 Å². The van der Waals surface area contributed by atoms with Crippen LogP contribution in [0.5, 0.6) is 5.75 Å². The van der Waals surface area contributed by atoms with Crippen molar-refractivity contribution in [2.75, 3.05) is 19.0 Å². The third-order valence-corrected chi connectivity index (χ3v) is 5.12. The molecular weight excluding hydrogens is 421 g/mol. The van der Waals surface area contributed by atoms with E-state index in [0.717, 1.165) is 11.6 Å². The Morgan fingerprint density at radius 3 is 2.60 bits per heavy atom. The molecule has 3 rings (SSSR count). The van der Waals surface area contributed by atoms with E-state index in [-0.39, 0.29) is 4.91 Å². The van der Waals surface area contributed by atoms with Gasteiger partial charge in [0.2, 0.25) is 5.91 Å². The molecule has 30 heavy (non-hydrogen) atoms. The molecule has 0 aromatic heterocycles. The van der Waals surface area contributed by atoms with Gasteiger partial charge in [0.25, 0.3) is 11.1 Å². The van der Waals surface area contributed by atoms with Crippen LogP contribution in [0.2, 0.25) is 0 Å². The second kappa shape index (κ2) is 8.62. The van der Waals surface area contributed by atoms with Crippen LogP contribution in [-0.4, -0.2) is 35.6 Å². The van der Waals surface area contributed by atoms with Crippen LogP contribution in [-0.2, 0) is 9.59 Å². The molecule has 0 spiro atoms. The molecule has 3 amide bonds. The van der Waals surface area contributed by atoms with Crippen LogP contribution >= 0.6 is 11.8 Å². The third-order valence-electron chi connectivity index (χ3n) is 4.21. The number of imide groups is 1. The zero-order valence-corrected chi connectivity index (χ0v) is 16.6. The summed E-state index contributed by atoms with van der Waals surface area (Å²) in [4.78, 5) is 37.6. The third kappa shape index (κ3) is 4.33. The van der Waals surface area contributed by atoms with E-state index in [4.69, 9.17) is 4.74 Å².